The Morgan fingerprint density at radius 3 is 2.39 bits per heavy atom. The van der Waals surface area contributed by atoms with Crippen LogP contribution in [0.2, 0.25) is 0 Å². The highest BCUT2D eigenvalue weighted by molar-refractivity contribution is 7.92. The zero-order valence-electron chi connectivity index (χ0n) is 13.1. The molecular formula is C15H21NO6S. The van der Waals surface area contributed by atoms with Crippen LogP contribution in [0.1, 0.15) is 25.3 Å². The number of hydrogen-bond donors (Lipinski definition) is 2. The van der Waals surface area contributed by atoms with Gasteiger partial charge in [-0.1, -0.05) is 12.1 Å². The summed E-state index contributed by atoms with van der Waals surface area (Å²) in [6, 6.07) is 6.92. The quantitative estimate of drug-likeness (QED) is 0.647. The van der Waals surface area contributed by atoms with Crippen LogP contribution in [0.3, 0.4) is 0 Å². The molecule has 0 aliphatic carbocycles. The molecule has 0 saturated heterocycles. The molecule has 0 radical (unpaired) electrons. The molecule has 1 rings (SSSR count). The number of carbonyl (C=O) groups excluding carboxylic acids is 1. The average Bonchev–Trinajstić information content (AvgIpc) is 2.48. The molecule has 8 heteroatoms. The van der Waals surface area contributed by atoms with Crippen molar-refractivity contribution in [2.75, 3.05) is 12.9 Å². The lowest BCUT2D eigenvalue weighted by atomic mass is 10.2. The van der Waals surface area contributed by atoms with Gasteiger partial charge in [-0.05, 0) is 31.0 Å². The van der Waals surface area contributed by atoms with Crippen LogP contribution in [-0.4, -0.2) is 43.5 Å². The van der Waals surface area contributed by atoms with Crippen molar-refractivity contribution in [2.45, 2.75) is 31.6 Å². The zero-order valence-corrected chi connectivity index (χ0v) is 13.9. The maximum Gasteiger partial charge on any atom is 0.303 e. The molecule has 23 heavy (non-hydrogen) atoms. The van der Waals surface area contributed by atoms with E-state index >= 15 is 0 Å². The van der Waals surface area contributed by atoms with E-state index in [4.69, 9.17) is 9.84 Å². The van der Waals surface area contributed by atoms with E-state index in [1.807, 2.05) is 0 Å². The number of rotatable bonds is 9. The Morgan fingerprint density at radius 2 is 1.87 bits per heavy atom. The van der Waals surface area contributed by atoms with E-state index in [-0.39, 0.29) is 13.0 Å². The van der Waals surface area contributed by atoms with Crippen molar-refractivity contribution >= 4 is 21.7 Å². The number of benzene rings is 1. The number of aliphatic carboxylic acids is 1. The summed E-state index contributed by atoms with van der Waals surface area (Å²) in [6.07, 6.45) is 1.51. The second kappa shape index (κ2) is 8.52. The normalized spacial score (nSPS) is 12.4. The van der Waals surface area contributed by atoms with E-state index in [1.165, 1.54) is 6.92 Å². The molecule has 1 unspecified atom stereocenters. The average molecular weight is 343 g/mol. The number of carboxylic acid groups (broad SMARTS) is 1. The molecule has 1 amide bonds. The summed E-state index contributed by atoms with van der Waals surface area (Å²) < 4.78 is 28.0. The highest BCUT2D eigenvalue weighted by Gasteiger charge is 2.22. The fourth-order valence-electron chi connectivity index (χ4n) is 1.64. The first-order valence-electron chi connectivity index (χ1n) is 7.10. The SMILES string of the molecule is CC(C(=O)NCc1ccc(OCCCC(=O)O)cc1)S(C)(=O)=O. The van der Waals surface area contributed by atoms with Gasteiger partial charge in [0.25, 0.3) is 0 Å². The number of hydrogen-bond acceptors (Lipinski definition) is 5. The largest absolute Gasteiger partial charge is 0.494 e. The lowest BCUT2D eigenvalue weighted by molar-refractivity contribution is -0.137. The van der Waals surface area contributed by atoms with Crippen molar-refractivity contribution in [3.63, 3.8) is 0 Å². The standard InChI is InChI=1S/C15H21NO6S/c1-11(23(2,20)21)15(19)16-10-12-5-7-13(8-6-12)22-9-3-4-14(17)18/h5-8,11H,3-4,9-10H2,1-2H3,(H,16,19)(H,17,18). The number of carboxylic acids is 1. The van der Waals surface area contributed by atoms with Gasteiger partial charge in [-0.3, -0.25) is 9.59 Å². The van der Waals surface area contributed by atoms with E-state index in [0.717, 1.165) is 11.8 Å². The van der Waals surface area contributed by atoms with E-state index in [0.29, 0.717) is 18.8 Å². The monoisotopic (exact) mass is 343 g/mol. The van der Waals surface area contributed by atoms with Crippen LogP contribution in [0.4, 0.5) is 0 Å². The van der Waals surface area contributed by atoms with Gasteiger partial charge in [0.2, 0.25) is 5.91 Å². The van der Waals surface area contributed by atoms with Gasteiger partial charge in [0, 0.05) is 19.2 Å². The van der Waals surface area contributed by atoms with Gasteiger partial charge in [0.1, 0.15) is 11.0 Å². The molecular weight excluding hydrogens is 322 g/mol. The summed E-state index contributed by atoms with van der Waals surface area (Å²) in [6.45, 7) is 1.88. The van der Waals surface area contributed by atoms with E-state index in [2.05, 4.69) is 5.32 Å². The minimum Gasteiger partial charge on any atom is -0.494 e. The van der Waals surface area contributed by atoms with Crippen LogP contribution in [0.15, 0.2) is 24.3 Å². The van der Waals surface area contributed by atoms with Gasteiger partial charge in [0.05, 0.1) is 6.61 Å². The van der Waals surface area contributed by atoms with Gasteiger partial charge in [0.15, 0.2) is 9.84 Å². The minimum absolute atomic E-state index is 0.0582. The predicted octanol–water partition coefficient (Wildman–Crippen LogP) is 0.980. The molecule has 1 aromatic rings. The van der Waals surface area contributed by atoms with Crippen LogP contribution in [0.25, 0.3) is 0 Å². The molecule has 0 fully saturated rings. The first kappa shape index (κ1) is 19.0. The van der Waals surface area contributed by atoms with Crippen molar-refractivity contribution < 1.29 is 27.9 Å². The van der Waals surface area contributed by atoms with Crippen LogP contribution >= 0.6 is 0 Å². The van der Waals surface area contributed by atoms with Gasteiger partial charge in [-0.15, -0.1) is 0 Å². The molecule has 0 saturated carbocycles. The number of carbonyl (C=O) groups is 2. The first-order valence-corrected chi connectivity index (χ1v) is 9.05. The first-order chi connectivity index (χ1) is 10.7. The molecule has 0 aliphatic rings. The Kier molecular flexibility index (Phi) is 7.02. The Morgan fingerprint density at radius 1 is 1.26 bits per heavy atom. The van der Waals surface area contributed by atoms with Crippen molar-refractivity contribution in [1.82, 2.24) is 5.32 Å². The summed E-state index contributed by atoms with van der Waals surface area (Å²) in [7, 11) is -3.41. The van der Waals surface area contributed by atoms with Crippen molar-refractivity contribution in [1.29, 1.82) is 0 Å². The molecule has 0 heterocycles. The summed E-state index contributed by atoms with van der Waals surface area (Å²) in [5.74, 6) is -0.792. The summed E-state index contributed by atoms with van der Waals surface area (Å²) >= 11 is 0. The van der Waals surface area contributed by atoms with Gasteiger partial charge in [-0.25, -0.2) is 8.42 Å². The Hall–Kier alpha value is -2.09. The maximum absolute atomic E-state index is 11.7. The van der Waals surface area contributed by atoms with Crippen molar-refractivity contribution in [3.05, 3.63) is 29.8 Å². The maximum atomic E-state index is 11.7. The minimum atomic E-state index is -3.41. The Bertz CT molecular complexity index is 638. The molecule has 0 bridgehead atoms. The predicted molar refractivity (Wildman–Crippen MR) is 85.0 cm³/mol. The second-order valence-corrected chi connectivity index (χ2v) is 7.55. The van der Waals surface area contributed by atoms with Gasteiger partial charge < -0.3 is 15.2 Å². The fraction of sp³-hybridized carbons (Fsp3) is 0.467. The van der Waals surface area contributed by atoms with E-state index in [9.17, 15) is 18.0 Å². The Labute approximate surface area is 135 Å². The lowest BCUT2D eigenvalue weighted by Gasteiger charge is -2.11. The molecule has 0 spiro atoms. The molecule has 0 aromatic heterocycles. The van der Waals surface area contributed by atoms with Crippen LogP contribution in [0, 0.1) is 0 Å². The molecule has 128 valence electrons. The zero-order chi connectivity index (χ0) is 17.5. The molecule has 1 aromatic carbocycles. The molecule has 2 N–H and O–H groups in total. The summed E-state index contributed by atoms with van der Waals surface area (Å²) in [5, 5.41) is 9.99. The van der Waals surface area contributed by atoms with Gasteiger partial charge in [-0.2, -0.15) is 0 Å². The van der Waals surface area contributed by atoms with Crippen molar-refractivity contribution in [2.24, 2.45) is 0 Å². The van der Waals surface area contributed by atoms with E-state index in [1.54, 1.807) is 24.3 Å². The summed E-state index contributed by atoms with van der Waals surface area (Å²) in [5.41, 5.74) is 0.803. The molecule has 1 atom stereocenters. The highest BCUT2D eigenvalue weighted by atomic mass is 32.2. The van der Waals surface area contributed by atoms with Crippen LogP contribution in [-0.2, 0) is 26.0 Å². The van der Waals surface area contributed by atoms with Crippen molar-refractivity contribution in [3.8, 4) is 5.75 Å². The molecule has 0 aliphatic heterocycles. The van der Waals surface area contributed by atoms with Crippen LogP contribution < -0.4 is 10.1 Å². The fourth-order valence-corrected chi connectivity index (χ4v) is 2.12. The molecule has 7 nitrogen and oxygen atoms in total. The third-order valence-corrected chi connectivity index (χ3v) is 4.70. The third kappa shape index (κ3) is 7.14. The number of ether oxygens (including phenoxy) is 1. The van der Waals surface area contributed by atoms with Gasteiger partial charge >= 0.3 is 5.97 Å². The second-order valence-electron chi connectivity index (χ2n) is 5.18. The number of sulfone groups is 1. The van der Waals surface area contributed by atoms with Crippen LogP contribution in [0.5, 0.6) is 5.75 Å². The number of amides is 1. The Balaban J connectivity index is 2.42. The summed E-state index contributed by atoms with van der Waals surface area (Å²) in [4.78, 5) is 22.1. The van der Waals surface area contributed by atoms with E-state index < -0.39 is 27.0 Å². The smallest absolute Gasteiger partial charge is 0.303 e. The number of nitrogens with one attached hydrogen (secondary N) is 1. The third-order valence-electron chi connectivity index (χ3n) is 3.21. The topological polar surface area (TPSA) is 110 Å². The highest BCUT2D eigenvalue weighted by Crippen LogP contribution is 2.13. The lowest BCUT2D eigenvalue weighted by Crippen LogP contribution is -2.36.